The van der Waals surface area contributed by atoms with Crippen molar-refractivity contribution in [1.82, 2.24) is 0 Å². The summed E-state index contributed by atoms with van der Waals surface area (Å²) in [4.78, 5) is 12.7. The van der Waals surface area contributed by atoms with E-state index in [0.717, 1.165) is 33.6 Å². The van der Waals surface area contributed by atoms with Crippen molar-refractivity contribution in [2.24, 2.45) is 21.7 Å². The molecule has 0 fully saturated rings. The first-order valence-electron chi connectivity index (χ1n) is 35.1. The summed E-state index contributed by atoms with van der Waals surface area (Å²) in [6, 6.07) is 41.3. The topological polar surface area (TPSA) is 227 Å². The Bertz CT molecular complexity index is 4230. The highest BCUT2D eigenvalue weighted by Gasteiger charge is 2.45. The molecule has 6 aromatic rings. The van der Waals surface area contributed by atoms with Crippen LogP contribution in [0.25, 0.3) is 0 Å². The molecule has 0 unspecified atom stereocenters. The number of para-hydroxylation sites is 2. The molecule has 0 spiro atoms. The number of benzene rings is 6. The summed E-state index contributed by atoms with van der Waals surface area (Å²) >= 11 is 0. The number of ether oxygens (including phenoxy) is 2. The summed E-state index contributed by atoms with van der Waals surface area (Å²) in [5.74, 6) is 1.10. The Kier molecular flexibility index (Phi) is 31.3. The van der Waals surface area contributed by atoms with Gasteiger partial charge in [0.1, 0.15) is 17.1 Å². The van der Waals surface area contributed by atoms with Crippen LogP contribution in [0.3, 0.4) is 0 Å². The van der Waals surface area contributed by atoms with Crippen molar-refractivity contribution in [1.29, 1.82) is 0 Å². The van der Waals surface area contributed by atoms with Crippen molar-refractivity contribution in [2.75, 3.05) is 33.0 Å². The average molecular weight is 1550 g/mol. The van der Waals surface area contributed by atoms with Crippen LogP contribution in [0.15, 0.2) is 165 Å². The summed E-state index contributed by atoms with van der Waals surface area (Å²) in [7, 11) is -19.1. The molecule has 0 radical (unpaired) electrons. The largest absolute Gasteiger partial charge is 0.543 e. The van der Waals surface area contributed by atoms with Crippen molar-refractivity contribution < 1.29 is 73.5 Å². The maximum absolute atomic E-state index is 12.6. The Morgan fingerprint density at radius 2 is 0.606 bits per heavy atom. The van der Waals surface area contributed by atoms with Gasteiger partial charge in [0.15, 0.2) is 8.32 Å². The summed E-state index contributed by atoms with van der Waals surface area (Å²) in [5, 5.41) is 0.202. The van der Waals surface area contributed by atoms with Crippen LogP contribution in [0.4, 0.5) is 4.79 Å². The number of rotatable bonds is 25. The fourth-order valence-corrected chi connectivity index (χ4v) is 14.8. The van der Waals surface area contributed by atoms with Crippen molar-refractivity contribution in [2.45, 2.75) is 252 Å². The van der Waals surface area contributed by atoms with E-state index in [9.17, 15) is 38.5 Å². The molecule has 0 aliphatic carbocycles. The second kappa shape index (κ2) is 35.2. The zero-order valence-corrected chi connectivity index (χ0v) is 73.2. The third-order valence-electron chi connectivity index (χ3n) is 20.0. The Balaban J connectivity index is 0.000000364. The number of hydrogen-bond donors (Lipinski definition) is 0. The molecular formula is C81H124O17S4Si2. The number of carbonyl (C=O) groups is 1. The quantitative estimate of drug-likeness (QED) is 0.0225. The highest BCUT2D eigenvalue weighted by atomic mass is 32.2. The Morgan fingerprint density at radius 1 is 0.337 bits per heavy atom. The molecule has 0 amide bonds. The van der Waals surface area contributed by atoms with Gasteiger partial charge in [-0.05, 0) is 167 Å². The van der Waals surface area contributed by atoms with Crippen LogP contribution in [0.1, 0.15) is 186 Å². The molecule has 0 aromatic heterocycles. The van der Waals surface area contributed by atoms with E-state index in [4.69, 9.17) is 35.1 Å². The van der Waals surface area contributed by atoms with E-state index in [1.54, 1.807) is 130 Å². The molecular weight excluding hydrogens is 1430 g/mol. The van der Waals surface area contributed by atoms with Gasteiger partial charge in [0.25, 0.3) is 40.5 Å². The molecule has 0 saturated carbocycles. The maximum atomic E-state index is 12.6. The Hall–Kier alpha value is -5.58. The van der Waals surface area contributed by atoms with Gasteiger partial charge in [-0.15, -0.1) is 0 Å². The predicted octanol–water partition coefficient (Wildman–Crippen LogP) is 20.6. The van der Waals surface area contributed by atoms with E-state index >= 15 is 0 Å². The van der Waals surface area contributed by atoms with Crippen molar-refractivity contribution in [3.05, 3.63) is 179 Å². The third-order valence-corrected chi connectivity index (χ3v) is 33.9. The standard InChI is InChI=1S/C23H34O4SSi.C22H28O6S.C21H38O4SSi.C15H24O3S/c1-18-13-15-19(16-14-18)28(24,25)26-17-23(5,6)20-11-9-10-12-21(20)27-29(7,8)22(2,3)4;1-16-11-13-17(14-12-16)29(24,25)26-15-22(5,6)18-9-7-8-10-19(18)27-20(23)28-21(2,3)4;1-17-11-13-18(14-12-17)26(22,23)24-15-20(5,6)21(7,8)16-25-27(9,10)19(2,3)4;1-12-7-9-13(10-8-12)19(16,17)18-11-15(5,6)14(2,3)4/h9-16H,17H2,1-8H3;7-14H,15H2,1-6H3;11-14H,15-16H2,1-10H3;7-10H,11H2,1-6H3. The molecule has 0 atom stereocenters. The first-order chi connectivity index (χ1) is 46.8. The van der Waals surface area contributed by atoms with Gasteiger partial charge in [-0.3, -0.25) is 16.7 Å². The average Bonchev–Trinajstić information content (AvgIpc) is 0.795. The van der Waals surface area contributed by atoms with E-state index in [0.29, 0.717) is 17.9 Å². The van der Waals surface area contributed by atoms with E-state index in [1.807, 2.05) is 107 Å². The fraction of sp³-hybridized carbons (Fsp3) is 0.543. The van der Waals surface area contributed by atoms with Gasteiger partial charge >= 0.3 is 6.16 Å². The summed E-state index contributed by atoms with van der Waals surface area (Å²) in [5.41, 5.74) is 2.69. The monoisotopic (exact) mass is 1550 g/mol. The van der Waals surface area contributed by atoms with Crippen LogP contribution >= 0.6 is 0 Å². The molecule has 23 heteroatoms. The zero-order valence-electron chi connectivity index (χ0n) is 68.0. The van der Waals surface area contributed by atoms with Crippen LogP contribution in [0.2, 0.25) is 36.3 Å². The van der Waals surface area contributed by atoms with E-state index in [-0.39, 0.29) is 77.7 Å². The van der Waals surface area contributed by atoms with Gasteiger partial charge in [0, 0.05) is 28.6 Å². The molecule has 6 rings (SSSR count). The minimum Gasteiger partial charge on any atom is -0.543 e. The molecule has 0 heterocycles. The second-order valence-corrected chi connectivity index (χ2v) is 51.3. The van der Waals surface area contributed by atoms with E-state index in [2.05, 4.69) is 102 Å². The number of hydrogen-bond acceptors (Lipinski definition) is 17. The second-order valence-electron chi connectivity index (χ2n) is 35.3. The van der Waals surface area contributed by atoms with Gasteiger partial charge in [-0.2, -0.15) is 33.7 Å². The molecule has 17 nitrogen and oxygen atoms in total. The van der Waals surface area contributed by atoms with Gasteiger partial charge in [-0.25, -0.2) is 4.79 Å². The minimum absolute atomic E-state index is 0.0289. The van der Waals surface area contributed by atoms with Gasteiger partial charge in [0.05, 0.1) is 46.0 Å². The van der Waals surface area contributed by atoms with Crippen LogP contribution in [-0.4, -0.2) is 95.1 Å². The maximum Gasteiger partial charge on any atom is 0.514 e. The summed E-state index contributed by atoms with van der Waals surface area (Å²) in [6.07, 6.45) is -0.825. The van der Waals surface area contributed by atoms with Gasteiger partial charge < -0.3 is 18.3 Å². The lowest BCUT2D eigenvalue weighted by Crippen LogP contribution is -2.47. The van der Waals surface area contributed by atoms with E-state index < -0.39 is 79.7 Å². The molecule has 582 valence electrons. The van der Waals surface area contributed by atoms with Crippen LogP contribution in [-0.2, 0) is 77.2 Å². The molecule has 6 aromatic carbocycles. The number of aryl methyl sites for hydroxylation is 4. The lowest BCUT2D eigenvalue weighted by Gasteiger charge is -2.45. The van der Waals surface area contributed by atoms with Crippen molar-refractivity contribution in [3.8, 4) is 11.5 Å². The molecule has 104 heavy (non-hydrogen) atoms. The van der Waals surface area contributed by atoms with Crippen LogP contribution in [0.5, 0.6) is 11.5 Å². The van der Waals surface area contributed by atoms with Crippen LogP contribution < -0.4 is 9.16 Å². The lowest BCUT2D eigenvalue weighted by atomic mass is 9.69. The Labute approximate surface area is 630 Å². The molecule has 0 bridgehead atoms. The van der Waals surface area contributed by atoms with Crippen LogP contribution in [0, 0.1) is 49.4 Å². The first kappa shape index (κ1) is 92.6. The Morgan fingerprint density at radius 3 is 0.904 bits per heavy atom. The van der Waals surface area contributed by atoms with Gasteiger partial charge in [0.2, 0.25) is 8.32 Å². The normalized spacial score (nSPS) is 13.4. The molecule has 0 N–H and O–H groups in total. The number of carbonyl (C=O) groups excluding carboxylic acids is 1. The van der Waals surface area contributed by atoms with Crippen molar-refractivity contribution in [3.63, 3.8) is 0 Å². The SMILES string of the molecule is Cc1ccc(S(=O)(=O)OCC(C)(C)C(C)(C)C)cc1.Cc1ccc(S(=O)(=O)OCC(C)(C)C(C)(C)CO[Si](C)(C)C(C)(C)C)cc1.Cc1ccc(S(=O)(=O)OCC(C)(C)c2ccccc2OC(=O)OC(C)(C)C)cc1.Cc1ccc(S(=O)(=O)OCC(C)(C)c2ccccc2O[Si](C)(C)C(C)(C)C)cc1. The fourth-order valence-electron chi connectivity index (χ4n) is 8.35. The summed E-state index contributed by atoms with van der Waals surface area (Å²) in [6.45, 7) is 61.9. The molecule has 0 aliphatic heterocycles. The highest BCUT2D eigenvalue weighted by molar-refractivity contribution is 7.87. The lowest BCUT2D eigenvalue weighted by molar-refractivity contribution is 0.00793. The van der Waals surface area contributed by atoms with Gasteiger partial charge in [-0.1, -0.05) is 239 Å². The van der Waals surface area contributed by atoms with E-state index in [1.165, 1.54) is 12.1 Å². The highest BCUT2D eigenvalue weighted by Crippen LogP contribution is 2.45. The predicted molar refractivity (Wildman–Crippen MR) is 425 cm³/mol. The first-order valence-corrected chi connectivity index (χ1v) is 46.6. The third kappa shape index (κ3) is 27.9. The summed E-state index contributed by atoms with van der Waals surface area (Å²) < 4.78 is 144. The molecule has 0 saturated heterocycles. The smallest absolute Gasteiger partial charge is 0.514 e. The zero-order chi connectivity index (χ0) is 80.2. The minimum atomic E-state index is -3.91. The molecule has 0 aliphatic rings. The van der Waals surface area contributed by atoms with Crippen molar-refractivity contribution >= 4 is 63.3 Å².